The van der Waals surface area contributed by atoms with Crippen LogP contribution in [0.3, 0.4) is 0 Å². The van der Waals surface area contributed by atoms with E-state index in [1.807, 2.05) is 10.6 Å². The van der Waals surface area contributed by atoms with Gasteiger partial charge in [-0.05, 0) is 56.1 Å². The van der Waals surface area contributed by atoms with E-state index >= 15 is 0 Å². The molecule has 0 unspecified atom stereocenters. The maximum Gasteiger partial charge on any atom is 0.229 e. The Morgan fingerprint density at radius 1 is 1.26 bits per heavy atom. The van der Waals surface area contributed by atoms with E-state index in [0.29, 0.717) is 42.0 Å². The van der Waals surface area contributed by atoms with E-state index in [4.69, 9.17) is 16.3 Å². The van der Waals surface area contributed by atoms with Crippen LogP contribution in [0, 0.1) is 11.8 Å². The van der Waals surface area contributed by atoms with Gasteiger partial charge in [0.2, 0.25) is 11.9 Å². The highest BCUT2D eigenvalue weighted by atomic mass is 35.5. The number of imidazole rings is 1. The molecular formula is C20H27ClN4O2. The lowest BCUT2D eigenvalue weighted by atomic mass is 9.93. The number of carbonyl (C=O) groups excluding carboxylic acids is 1. The quantitative estimate of drug-likeness (QED) is 0.732. The molecule has 146 valence electrons. The second-order valence-electron chi connectivity index (χ2n) is 8.08. The van der Waals surface area contributed by atoms with Crippen molar-refractivity contribution >= 4 is 34.6 Å². The van der Waals surface area contributed by atoms with Gasteiger partial charge >= 0.3 is 0 Å². The van der Waals surface area contributed by atoms with Gasteiger partial charge in [0.05, 0.1) is 19.1 Å². The van der Waals surface area contributed by atoms with Gasteiger partial charge in [0.25, 0.3) is 0 Å². The molecule has 0 aliphatic heterocycles. The molecular weight excluding hydrogens is 364 g/mol. The lowest BCUT2D eigenvalue weighted by molar-refractivity contribution is -0.117. The molecule has 4 rings (SSSR count). The topological polar surface area (TPSA) is 69.0 Å². The minimum atomic E-state index is -0.0731. The first-order valence-corrected chi connectivity index (χ1v) is 10.3. The number of anilines is 1. The zero-order valence-corrected chi connectivity index (χ0v) is 16.7. The molecule has 0 bridgehead atoms. The van der Waals surface area contributed by atoms with Crippen LogP contribution in [0.4, 0.5) is 5.95 Å². The van der Waals surface area contributed by atoms with Gasteiger partial charge in [-0.25, -0.2) is 9.97 Å². The van der Waals surface area contributed by atoms with Gasteiger partial charge in [-0.1, -0.05) is 25.4 Å². The number of hydrogen-bond donors (Lipinski definition) is 1. The summed E-state index contributed by atoms with van der Waals surface area (Å²) in [5.41, 5.74) is 1.50. The van der Waals surface area contributed by atoms with Crippen molar-refractivity contribution in [3.8, 4) is 0 Å². The summed E-state index contributed by atoms with van der Waals surface area (Å²) in [5, 5.41) is 3.40. The van der Waals surface area contributed by atoms with Gasteiger partial charge in [-0.2, -0.15) is 0 Å². The summed E-state index contributed by atoms with van der Waals surface area (Å²) in [6, 6.07) is 3.90. The van der Waals surface area contributed by atoms with Gasteiger partial charge in [-0.3, -0.25) is 14.7 Å². The van der Waals surface area contributed by atoms with Gasteiger partial charge in [0.15, 0.2) is 5.65 Å². The molecule has 2 fully saturated rings. The van der Waals surface area contributed by atoms with Crippen molar-refractivity contribution in [2.24, 2.45) is 11.8 Å². The average Bonchev–Trinajstić information content (AvgIpc) is 3.07. The standard InChI is InChI=1S/C20H27ClN4O2/c1-12-10-15(11-13(12)2)27-9-8-18(26)24-20-22-16-6-7-17(21)23-19(16)25(20)14-4-3-5-14/h6-7,12-15H,3-5,8-11H2,1-2H3,(H,22,24,26)/t12-,13+,15+. The van der Waals surface area contributed by atoms with Crippen LogP contribution in [0.15, 0.2) is 12.1 Å². The Balaban J connectivity index is 1.40. The molecule has 0 spiro atoms. The summed E-state index contributed by atoms with van der Waals surface area (Å²) < 4.78 is 7.95. The molecule has 2 saturated carbocycles. The minimum Gasteiger partial charge on any atom is -0.378 e. The predicted octanol–water partition coefficient (Wildman–Crippen LogP) is 4.59. The minimum absolute atomic E-state index is 0.0731. The Morgan fingerprint density at radius 2 is 2.00 bits per heavy atom. The number of halogens is 1. The average molecular weight is 391 g/mol. The number of hydrogen-bond acceptors (Lipinski definition) is 4. The Kier molecular flexibility index (Phi) is 5.37. The molecule has 2 heterocycles. The molecule has 3 atom stereocenters. The Hall–Kier alpha value is -1.66. The van der Waals surface area contributed by atoms with Crippen molar-refractivity contribution in [1.82, 2.24) is 14.5 Å². The molecule has 27 heavy (non-hydrogen) atoms. The van der Waals surface area contributed by atoms with Crippen molar-refractivity contribution in [3.05, 3.63) is 17.3 Å². The van der Waals surface area contributed by atoms with Crippen LogP contribution in [-0.4, -0.2) is 33.2 Å². The van der Waals surface area contributed by atoms with Crippen LogP contribution in [0.25, 0.3) is 11.2 Å². The fourth-order valence-corrected chi connectivity index (χ4v) is 4.20. The van der Waals surface area contributed by atoms with Crippen LogP contribution in [-0.2, 0) is 9.53 Å². The molecule has 0 saturated heterocycles. The van der Waals surface area contributed by atoms with Gasteiger partial charge in [-0.15, -0.1) is 0 Å². The lowest BCUT2D eigenvalue weighted by Crippen LogP contribution is -2.23. The summed E-state index contributed by atoms with van der Waals surface area (Å²) in [7, 11) is 0. The normalized spacial score (nSPS) is 25.7. The molecule has 2 aliphatic carbocycles. The first-order chi connectivity index (χ1) is 13.0. The summed E-state index contributed by atoms with van der Waals surface area (Å²) in [6.07, 6.45) is 6.13. The van der Waals surface area contributed by atoms with Crippen molar-refractivity contribution < 1.29 is 9.53 Å². The SMILES string of the molecule is C[C@@H]1C[C@H](OCCC(=O)Nc2nc3ccc(Cl)nc3n2C2CCC2)C[C@@H]1C. The number of fused-ring (bicyclic) bond motifs is 1. The summed E-state index contributed by atoms with van der Waals surface area (Å²) >= 11 is 6.07. The van der Waals surface area contributed by atoms with E-state index in [0.717, 1.165) is 36.8 Å². The largest absolute Gasteiger partial charge is 0.378 e. The van der Waals surface area contributed by atoms with Crippen LogP contribution < -0.4 is 5.32 Å². The number of carbonyl (C=O) groups is 1. The summed E-state index contributed by atoms with van der Waals surface area (Å²) in [4.78, 5) is 21.4. The molecule has 1 N–H and O–H groups in total. The summed E-state index contributed by atoms with van der Waals surface area (Å²) in [6.45, 7) is 4.99. The molecule has 2 aromatic rings. The third-order valence-electron chi connectivity index (χ3n) is 6.12. The number of nitrogens with zero attached hydrogens (tertiary/aromatic N) is 3. The fraction of sp³-hybridized carbons (Fsp3) is 0.650. The first-order valence-electron chi connectivity index (χ1n) is 9.97. The maximum atomic E-state index is 12.4. The van der Waals surface area contributed by atoms with Crippen molar-refractivity contribution in [2.45, 2.75) is 64.5 Å². The van der Waals surface area contributed by atoms with E-state index in [2.05, 4.69) is 29.1 Å². The predicted molar refractivity (Wildman–Crippen MR) is 106 cm³/mol. The number of amides is 1. The number of rotatable bonds is 6. The molecule has 2 aliphatic rings. The van der Waals surface area contributed by atoms with Crippen molar-refractivity contribution in [3.63, 3.8) is 0 Å². The van der Waals surface area contributed by atoms with Gasteiger partial charge in [0.1, 0.15) is 10.7 Å². The van der Waals surface area contributed by atoms with Crippen LogP contribution in [0.2, 0.25) is 5.15 Å². The fourth-order valence-electron chi connectivity index (χ4n) is 4.06. The van der Waals surface area contributed by atoms with Crippen LogP contribution in [0.5, 0.6) is 0 Å². The lowest BCUT2D eigenvalue weighted by Gasteiger charge is -2.28. The van der Waals surface area contributed by atoms with E-state index < -0.39 is 0 Å². The molecule has 1 amide bonds. The monoisotopic (exact) mass is 390 g/mol. The Labute approximate surface area is 164 Å². The van der Waals surface area contributed by atoms with Crippen LogP contribution >= 0.6 is 11.6 Å². The number of nitrogens with one attached hydrogen (secondary N) is 1. The highest BCUT2D eigenvalue weighted by molar-refractivity contribution is 6.29. The van der Waals surface area contributed by atoms with Crippen molar-refractivity contribution in [1.29, 1.82) is 0 Å². The zero-order valence-electron chi connectivity index (χ0n) is 15.9. The first kappa shape index (κ1) is 18.7. The molecule has 0 aromatic carbocycles. The second-order valence-corrected chi connectivity index (χ2v) is 8.47. The maximum absolute atomic E-state index is 12.4. The highest BCUT2D eigenvalue weighted by Gasteiger charge is 2.29. The van der Waals surface area contributed by atoms with E-state index in [-0.39, 0.29) is 12.0 Å². The summed E-state index contributed by atoms with van der Waals surface area (Å²) in [5.74, 6) is 1.89. The number of aromatic nitrogens is 3. The zero-order chi connectivity index (χ0) is 19.0. The van der Waals surface area contributed by atoms with Crippen molar-refractivity contribution in [2.75, 3.05) is 11.9 Å². The molecule has 0 radical (unpaired) electrons. The molecule has 7 heteroatoms. The highest BCUT2D eigenvalue weighted by Crippen LogP contribution is 2.37. The smallest absolute Gasteiger partial charge is 0.229 e. The molecule has 6 nitrogen and oxygen atoms in total. The van der Waals surface area contributed by atoms with E-state index in [1.54, 1.807) is 6.07 Å². The second kappa shape index (κ2) is 7.76. The number of ether oxygens (including phenoxy) is 1. The third-order valence-corrected chi connectivity index (χ3v) is 6.33. The molecule has 2 aromatic heterocycles. The van der Waals surface area contributed by atoms with Gasteiger partial charge in [0, 0.05) is 6.04 Å². The van der Waals surface area contributed by atoms with E-state index in [9.17, 15) is 4.79 Å². The van der Waals surface area contributed by atoms with Crippen LogP contribution in [0.1, 0.15) is 58.4 Å². The Morgan fingerprint density at radius 3 is 2.67 bits per heavy atom. The number of pyridine rings is 1. The Bertz CT molecular complexity index is 823. The van der Waals surface area contributed by atoms with Gasteiger partial charge < -0.3 is 4.74 Å². The van der Waals surface area contributed by atoms with E-state index in [1.165, 1.54) is 6.42 Å². The third kappa shape index (κ3) is 3.97.